The van der Waals surface area contributed by atoms with Crippen molar-refractivity contribution in [2.45, 2.75) is 20.5 Å². The molecule has 0 saturated carbocycles. The van der Waals surface area contributed by atoms with E-state index in [2.05, 4.69) is 24.2 Å². The van der Waals surface area contributed by atoms with Crippen molar-refractivity contribution in [1.29, 1.82) is 0 Å². The van der Waals surface area contributed by atoms with E-state index in [0.717, 1.165) is 16.8 Å². The molecule has 2 aromatic rings. The van der Waals surface area contributed by atoms with Gasteiger partial charge in [-0.15, -0.1) is 0 Å². The van der Waals surface area contributed by atoms with Crippen LogP contribution in [0.15, 0.2) is 66.0 Å². The van der Waals surface area contributed by atoms with Crippen LogP contribution in [-0.2, 0) is 25.7 Å². The lowest BCUT2D eigenvalue weighted by Crippen LogP contribution is -2.07. The fourth-order valence-electron chi connectivity index (χ4n) is 2.49. The number of oxime groups is 1. The van der Waals surface area contributed by atoms with E-state index in [1.807, 2.05) is 55.5 Å². The predicted molar refractivity (Wildman–Crippen MR) is 112 cm³/mol. The van der Waals surface area contributed by atoms with Gasteiger partial charge in [0.05, 0.1) is 26.2 Å². The summed E-state index contributed by atoms with van der Waals surface area (Å²) in [5.41, 5.74) is 4.86. The molecule has 5 nitrogen and oxygen atoms in total. The molecule has 0 aromatic heterocycles. The van der Waals surface area contributed by atoms with E-state index in [1.165, 1.54) is 26.0 Å². The van der Waals surface area contributed by atoms with E-state index in [1.54, 1.807) is 0 Å². The highest BCUT2D eigenvalue weighted by atomic mass is 16.6. The third-order valence-corrected chi connectivity index (χ3v) is 3.97. The van der Waals surface area contributed by atoms with Crippen LogP contribution in [0.2, 0.25) is 0 Å². The van der Waals surface area contributed by atoms with Gasteiger partial charge in [-0.3, -0.25) is 0 Å². The van der Waals surface area contributed by atoms with Gasteiger partial charge in [-0.05, 0) is 31.1 Å². The lowest BCUT2D eigenvalue weighted by atomic mass is 10.0. The number of carbonyl (C=O) groups is 1. The molecular weight excluding hydrogens is 354 g/mol. The van der Waals surface area contributed by atoms with E-state index >= 15 is 0 Å². The lowest BCUT2D eigenvalue weighted by molar-refractivity contribution is -0.133. The summed E-state index contributed by atoms with van der Waals surface area (Å²) in [5, 5.41) is 4.13. The Kier molecular flexibility index (Phi) is 8.03. The van der Waals surface area contributed by atoms with Gasteiger partial charge in [-0.1, -0.05) is 65.3 Å². The summed E-state index contributed by atoms with van der Waals surface area (Å²) in [5.74, 6) is -0.477. The lowest BCUT2D eigenvalue weighted by Gasteiger charge is -2.10. The predicted octanol–water partition coefficient (Wildman–Crippen LogP) is 4.76. The maximum atomic E-state index is 12.0. The molecule has 5 heteroatoms. The molecule has 0 bridgehead atoms. The van der Waals surface area contributed by atoms with Crippen LogP contribution in [0, 0.1) is 6.92 Å². The number of esters is 1. The van der Waals surface area contributed by atoms with Crippen molar-refractivity contribution in [1.82, 2.24) is 0 Å². The molecule has 0 spiro atoms. The summed E-state index contributed by atoms with van der Waals surface area (Å²) in [4.78, 5) is 17.5. The summed E-state index contributed by atoms with van der Waals surface area (Å²) in [7, 11) is 2.81. The van der Waals surface area contributed by atoms with Crippen LogP contribution >= 0.6 is 0 Å². The number of rotatable bonds is 8. The molecular formula is C23H25NO4. The van der Waals surface area contributed by atoms with Crippen molar-refractivity contribution in [2.75, 3.05) is 14.2 Å². The molecule has 2 aromatic carbocycles. The second kappa shape index (κ2) is 10.7. The summed E-state index contributed by atoms with van der Waals surface area (Å²) < 4.78 is 9.85. The van der Waals surface area contributed by atoms with Gasteiger partial charge in [-0.2, -0.15) is 0 Å². The number of ether oxygens (including phenoxy) is 2. The van der Waals surface area contributed by atoms with Gasteiger partial charge in [0.1, 0.15) is 12.2 Å². The number of allylic oxidation sites excluding steroid dienone is 1. The number of benzene rings is 2. The van der Waals surface area contributed by atoms with Crippen molar-refractivity contribution in [3.8, 4) is 0 Å². The van der Waals surface area contributed by atoms with Crippen LogP contribution in [0.1, 0.15) is 29.2 Å². The van der Waals surface area contributed by atoms with Crippen LogP contribution in [0.3, 0.4) is 0 Å². The molecule has 0 amide bonds. The highest BCUT2D eigenvalue weighted by molar-refractivity contribution is 6.16. The van der Waals surface area contributed by atoms with Gasteiger partial charge in [0.15, 0.2) is 0 Å². The first-order valence-corrected chi connectivity index (χ1v) is 8.86. The van der Waals surface area contributed by atoms with E-state index in [9.17, 15) is 4.79 Å². The molecule has 0 aliphatic rings. The van der Waals surface area contributed by atoms with Crippen LogP contribution in [0.25, 0.3) is 11.6 Å². The largest absolute Gasteiger partial charge is 0.503 e. The van der Waals surface area contributed by atoms with E-state index in [-0.39, 0.29) is 6.61 Å². The van der Waals surface area contributed by atoms with E-state index in [0.29, 0.717) is 11.1 Å². The zero-order valence-corrected chi connectivity index (χ0v) is 16.6. The Morgan fingerprint density at radius 1 is 1.07 bits per heavy atom. The minimum atomic E-state index is -0.477. The molecule has 0 aliphatic carbocycles. The van der Waals surface area contributed by atoms with Gasteiger partial charge >= 0.3 is 5.97 Å². The highest BCUT2D eigenvalue weighted by Gasteiger charge is 2.16. The van der Waals surface area contributed by atoms with Gasteiger partial charge in [0, 0.05) is 5.56 Å². The molecule has 0 aliphatic heterocycles. The minimum absolute atomic E-state index is 0.212. The summed E-state index contributed by atoms with van der Waals surface area (Å²) in [6.45, 7) is 4.13. The number of hydrogen-bond donors (Lipinski definition) is 0. The van der Waals surface area contributed by atoms with Crippen molar-refractivity contribution < 1.29 is 19.1 Å². The smallest absolute Gasteiger partial charge is 0.341 e. The van der Waals surface area contributed by atoms with Crippen molar-refractivity contribution >= 4 is 23.3 Å². The zero-order valence-electron chi connectivity index (χ0n) is 16.6. The fourth-order valence-corrected chi connectivity index (χ4v) is 2.49. The Labute approximate surface area is 165 Å². The second-order valence-electron chi connectivity index (χ2n) is 6.17. The molecule has 2 rings (SSSR count). The average molecular weight is 379 g/mol. The summed E-state index contributed by atoms with van der Waals surface area (Å²) in [6.07, 6.45) is 5.23. The van der Waals surface area contributed by atoms with Gasteiger partial charge in [-0.25, -0.2) is 4.79 Å². The number of hydrogen-bond acceptors (Lipinski definition) is 5. The Morgan fingerprint density at radius 3 is 2.46 bits per heavy atom. The van der Waals surface area contributed by atoms with Crippen molar-refractivity contribution in [3.63, 3.8) is 0 Å². The highest BCUT2D eigenvalue weighted by Crippen LogP contribution is 2.21. The van der Waals surface area contributed by atoms with E-state index < -0.39 is 5.97 Å². The van der Waals surface area contributed by atoms with E-state index in [4.69, 9.17) is 14.3 Å². The molecule has 0 unspecified atom stereocenters. The fraction of sp³-hybridized carbons (Fsp3) is 0.217. The SMILES string of the molecule is CO/C=C(/C(=O)OC)c1ccccc1CO/N=C(C)\C=C\c1ccc(C)cc1. The third-order valence-electron chi connectivity index (χ3n) is 3.97. The first-order chi connectivity index (χ1) is 13.5. The first-order valence-electron chi connectivity index (χ1n) is 8.86. The zero-order chi connectivity index (χ0) is 20.4. The third kappa shape index (κ3) is 6.13. The minimum Gasteiger partial charge on any atom is -0.503 e. The number of nitrogens with zero attached hydrogens (tertiary/aromatic N) is 1. The number of carbonyl (C=O) groups excluding carboxylic acids is 1. The summed E-state index contributed by atoms with van der Waals surface area (Å²) >= 11 is 0. The molecule has 0 N–H and O–H groups in total. The Morgan fingerprint density at radius 2 is 1.79 bits per heavy atom. The van der Waals surface area contributed by atoms with Crippen LogP contribution < -0.4 is 0 Å². The van der Waals surface area contributed by atoms with Crippen LogP contribution in [0.5, 0.6) is 0 Å². The first kappa shape index (κ1) is 21.0. The molecule has 0 fully saturated rings. The topological polar surface area (TPSA) is 57.1 Å². The number of aryl methyl sites for hydroxylation is 1. The molecule has 0 radical (unpaired) electrons. The van der Waals surface area contributed by atoms with Gasteiger partial charge in [0.25, 0.3) is 0 Å². The molecule has 0 heterocycles. The van der Waals surface area contributed by atoms with Crippen LogP contribution in [0.4, 0.5) is 0 Å². The standard InChI is InChI=1S/C23H25NO4/c1-17-9-12-19(13-10-17)14-11-18(2)24-28-15-20-7-5-6-8-21(20)22(16-26-3)23(25)27-4/h5-14,16H,15H2,1-4H3/b14-11+,22-16+,24-18-. The number of methoxy groups -OCH3 is 2. The Hall–Kier alpha value is -3.34. The van der Waals surface area contributed by atoms with Crippen molar-refractivity contribution in [3.05, 3.63) is 83.1 Å². The normalized spacial score (nSPS) is 12.1. The molecule has 0 atom stereocenters. The molecule has 28 heavy (non-hydrogen) atoms. The maximum absolute atomic E-state index is 12.0. The quantitative estimate of drug-likeness (QED) is 0.218. The Balaban J connectivity index is 2.08. The molecule has 0 saturated heterocycles. The monoisotopic (exact) mass is 379 g/mol. The van der Waals surface area contributed by atoms with Gasteiger partial charge < -0.3 is 14.3 Å². The maximum Gasteiger partial charge on any atom is 0.341 e. The van der Waals surface area contributed by atoms with Gasteiger partial charge in [0.2, 0.25) is 0 Å². The average Bonchev–Trinajstić information content (AvgIpc) is 2.71. The Bertz CT molecular complexity index is 880. The van der Waals surface area contributed by atoms with Crippen molar-refractivity contribution in [2.24, 2.45) is 5.16 Å². The second-order valence-corrected chi connectivity index (χ2v) is 6.17. The molecule has 146 valence electrons. The van der Waals surface area contributed by atoms with Crippen LogP contribution in [-0.4, -0.2) is 25.9 Å². The summed E-state index contributed by atoms with van der Waals surface area (Å²) in [6, 6.07) is 15.6.